The number of thioether (sulfide) groups is 1. The summed E-state index contributed by atoms with van der Waals surface area (Å²) in [6.07, 6.45) is 0.870. The summed E-state index contributed by atoms with van der Waals surface area (Å²) >= 11 is 1.26. The highest BCUT2D eigenvalue weighted by molar-refractivity contribution is 7.99. The SMILES string of the molecule is COc1ccc(-c2nnc(SCC(=O)N[C@@H](CC(C)C)c3ccccc3)n2N)cc1. The van der Waals surface area contributed by atoms with Gasteiger partial charge in [0, 0.05) is 5.56 Å². The van der Waals surface area contributed by atoms with Crippen LogP contribution in [0.2, 0.25) is 0 Å². The van der Waals surface area contributed by atoms with E-state index in [2.05, 4.69) is 29.4 Å². The lowest BCUT2D eigenvalue weighted by molar-refractivity contribution is -0.119. The van der Waals surface area contributed by atoms with E-state index >= 15 is 0 Å². The number of benzene rings is 2. The van der Waals surface area contributed by atoms with Gasteiger partial charge in [-0.25, -0.2) is 4.68 Å². The lowest BCUT2D eigenvalue weighted by Gasteiger charge is -2.21. The van der Waals surface area contributed by atoms with Crippen molar-refractivity contribution < 1.29 is 9.53 Å². The molecule has 3 aromatic rings. The third-order valence-electron chi connectivity index (χ3n) is 4.59. The van der Waals surface area contributed by atoms with Crippen LogP contribution < -0.4 is 15.9 Å². The van der Waals surface area contributed by atoms with Crippen molar-refractivity contribution in [1.29, 1.82) is 0 Å². The molecule has 3 rings (SSSR count). The van der Waals surface area contributed by atoms with Gasteiger partial charge in [-0.3, -0.25) is 4.79 Å². The first-order chi connectivity index (χ1) is 14.5. The third kappa shape index (κ3) is 5.54. The fourth-order valence-corrected chi connectivity index (χ4v) is 3.78. The first-order valence-electron chi connectivity index (χ1n) is 9.80. The van der Waals surface area contributed by atoms with Crippen LogP contribution in [0.4, 0.5) is 0 Å². The Balaban J connectivity index is 1.63. The standard InChI is InChI=1S/C22H27N5O2S/c1-15(2)13-19(16-7-5-4-6-8-16)24-20(28)14-30-22-26-25-21(27(22)23)17-9-11-18(29-3)12-10-17/h4-12,15,19H,13-14,23H2,1-3H3,(H,24,28)/t19-/m0/s1. The summed E-state index contributed by atoms with van der Waals surface area (Å²) in [4.78, 5) is 12.6. The van der Waals surface area contributed by atoms with E-state index in [1.54, 1.807) is 7.11 Å². The molecule has 7 nitrogen and oxygen atoms in total. The quantitative estimate of drug-likeness (QED) is 0.401. The molecule has 0 aliphatic heterocycles. The van der Waals surface area contributed by atoms with Gasteiger partial charge in [0.2, 0.25) is 11.1 Å². The van der Waals surface area contributed by atoms with E-state index < -0.39 is 0 Å². The van der Waals surface area contributed by atoms with Gasteiger partial charge in [-0.15, -0.1) is 10.2 Å². The first kappa shape index (κ1) is 21.7. The summed E-state index contributed by atoms with van der Waals surface area (Å²) in [5, 5.41) is 11.9. The molecule has 3 N–H and O–H groups in total. The molecule has 1 atom stereocenters. The van der Waals surface area contributed by atoms with Crippen LogP contribution in [-0.4, -0.2) is 33.6 Å². The van der Waals surface area contributed by atoms with E-state index in [0.29, 0.717) is 16.9 Å². The predicted molar refractivity (Wildman–Crippen MR) is 120 cm³/mol. The molecule has 2 aromatic carbocycles. The number of methoxy groups -OCH3 is 1. The minimum absolute atomic E-state index is 0.0232. The van der Waals surface area contributed by atoms with Crippen LogP contribution in [0.15, 0.2) is 59.8 Å². The molecule has 30 heavy (non-hydrogen) atoms. The average Bonchev–Trinajstić information content (AvgIpc) is 3.12. The van der Waals surface area contributed by atoms with E-state index in [0.717, 1.165) is 23.3 Å². The fraction of sp³-hybridized carbons (Fsp3) is 0.318. The second-order valence-electron chi connectivity index (χ2n) is 7.35. The third-order valence-corrected chi connectivity index (χ3v) is 5.53. The topological polar surface area (TPSA) is 95.1 Å². The molecule has 0 unspecified atom stereocenters. The Labute approximate surface area is 181 Å². The fourth-order valence-electron chi connectivity index (χ4n) is 3.11. The van der Waals surface area contributed by atoms with E-state index in [-0.39, 0.29) is 17.7 Å². The number of nitrogens with two attached hydrogens (primary N) is 1. The van der Waals surface area contributed by atoms with E-state index in [9.17, 15) is 4.79 Å². The number of aromatic nitrogens is 3. The van der Waals surface area contributed by atoms with Crippen molar-refractivity contribution in [3.8, 4) is 17.1 Å². The van der Waals surface area contributed by atoms with Crippen molar-refractivity contribution >= 4 is 17.7 Å². The number of nitrogen functional groups attached to an aromatic ring is 1. The second-order valence-corrected chi connectivity index (χ2v) is 8.30. The van der Waals surface area contributed by atoms with Crippen LogP contribution in [0.25, 0.3) is 11.4 Å². The number of hydrogen-bond donors (Lipinski definition) is 2. The molecule has 0 bridgehead atoms. The molecule has 0 aliphatic carbocycles. The maximum absolute atomic E-state index is 12.6. The zero-order valence-corrected chi connectivity index (χ0v) is 18.2. The van der Waals surface area contributed by atoms with Gasteiger partial charge in [-0.1, -0.05) is 55.9 Å². The summed E-state index contributed by atoms with van der Waals surface area (Å²) in [6, 6.07) is 17.4. The Bertz CT molecular complexity index is 957. The number of carbonyl (C=O) groups excluding carboxylic acids is 1. The van der Waals surface area contributed by atoms with Gasteiger partial charge >= 0.3 is 0 Å². The molecule has 158 valence electrons. The van der Waals surface area contributed by atoms with E-state index in [1.165, 1.54) is 16.4 Å². The molecule has 8 heteroatoms. The summed E-state index contributed by atoms with van der Waals surface area (Å²) < 4.78 is 6.58. The van der Waals surface area contributed by atoms with Crippen LogP contribution in [0.1, 0.15) is 31.9 Å². The highest BCUT2D eigenvalue weighted by Gasteiger charge is 2.18. The van der Waals surface area contributed by atoms with Crippen LogP contribution in [0.5, 0.6) is 5.75 Å². The molecule has 0 saturated heterocycles. The maximum Gasteiger partial charge on any atom is 0.230 e. The van der Waals surface area contributed by atoms with E-state index in [4.69, 9.17) is 10.6 Å². The van der Waals surface area contributed by atoms with Crippen molar-refractivity contribution in [3.63, 3.8) is 0 Å². The zero-order chi connectivity index (χ0) is 21.5. The van der Waals surface area contributed by atoms with E-state index in [1.807, 2.05) is 54.6 Å². The van der Waals surface area contributed by atoms with Crippen molar-refractivity contribution in [2.75, 3.05) is 18.7 Å². The highest BCUT2D eigenvalue weighted by atomic mass is 32.2. The molecule has 1 aromatic heterocycles. The van der Waals surface area contributed by atoms with Gasteiger partial charge in [0.25, 0.3) is 0 Å². The monoisotopic (exact) mass is 425 g/mol. The molecular formula is C22H27N5O2S. The smallest absolute Gasteiger partial charge is 0.230 e. The summed E-state index contributed by atoms with van der Waals surface area (Å²) in [5.41, 5.74) is 1.93. The Morgan fingerprint density at radius 1 is 1.13 bits per heavy atom. The van der Waals surface area contributed by atoms with Crippen LogP contribution in [0, 0.1) is 5.92 Å². The number of hydrogen-bond acceptors (Lipinski definition) is 6. The van der Waals surface area contributed by atoms with Crippen molar-refractivity contribution in [2.45, 2.75) is 31.5 Å². The number of carbonyl (C=O) groups is 1. The van der Waals surface area contributed by atoms with Gasteiger partial charge in [-0.2, -0.15) is 0 Å². The van der Waals surface area contributed by atoms with Crippen LogP contribution in [-0.2, 0) is 4.79 Å². The van der Waals surface area contributed by atoms with Gasteiger partial charge in [-0.05, 0) is 42.2 Å². The summed E-state index contributed by atoms with van der Waals surface area (Å²) in [6.45, 7) is 4.29. The van der Waals surface area contributed by atoms with Gasteiger partial charge < -0.3 is 15.9 Å². The Kier molecular flexibility index (Phi) is 7.35. The number of nitrogens with one attached hydrogen (secondary N) is 1. The average molecular weight is 426 g/mol. The Morgan fingerprint density at radius 2 is 1.83 bits per heavy atom. The normalized spacial score (nSPS) is 12.0. The molecule has 0 aliphatic rings. The molecular weight excluding hydrogens is 398 g/mol. The number of rotatable bonds is 9. The molecule has 0 radical (unpaired) electrons. The molecule has 0 saturated carbocycles. The molecule has 1 heterocycles. The van der Waals surface area contributed by atoms with Crippen LogP contribution >= 0.6 is 11.8 Å². The second kappa shape index (κ2) is 10.2. The number of amides is 1. The van der Waals surface area contributed by atoms with Gasteiger partial charge in [0.1, 0.15) is 5.75 Å². The maximum atomic E-state index is 12.6. The molecule has 0 spiro atoms. The van der Waals surface area contributed by atoms with Gasteiger partial charge in [0.05, 0.1) is 18.9 Å². The minimum Gasteiger partial charge on any atom is -0.497 e. The lowest BCUT2D eigenvalue weighted by atomic mass is 9.97. The number of ether oxygens (including phenoxy) is 1. The Morgan fingerprint density at radius 3 is 2.47 bits per heavy atom. The van der Waals surface area contributed by atoms with Crippen molar-refractivity contribution in [2.24, 2.45) is 5.92 Å². The predicted octanol–water partition coefficient (Wildman–Crippen LogP) is 3.66. The highest BCUT2D eigenvalue weighted by Crippen LogP contribution is 2.24. The number of nitrogens with zero attached hydrogens (tertiary/aromatic N) is 3. The Hall–Kier alpha value is -3.00. The minimum atomic E-state index is -0.0662. The molecule has 0 fully saturated rings. The van der Waals surface area contributed by atoms with Crippen molar-refractivity contribution in [1.82, 2.24) is 20.2 Å². The van der Waals surface area contributed by atoms with Crippen LogP contribution in [0.3, 0.4) is 0 Å². The summed E-state index contributed by atoms with van der Waals surface area (Å²) in [7, 11) is 1.61. The van der Waals surface area contributed by atoms with Crippen molar-refractivity contribution in [3.05, 3.63) is 60.2 Å². The first-order valence-corrected chi connectivity index (χ1v) is 10.8. The largest absolute Gasteiger partial charge is 0.497 e. The lowest BCUT2D eigenvalue weighted by Crippen LogP contribution is -2.31. The zero-order valence-electron chi connectivity index (χ0n) is 17.4. The molecule has 1 amide bonds. The van der Waals surface area contributed by atoms with Gasteiger partial charge in [0.15, 0.2) is 5.82 Å². The summed E-state index contributed by atoms with van der Waals surface area (Å²) in [5.74, 6) is 8.04.